The number of rotatable bonds is 30. The second-order valence-electron chi connectivity index (χ2n) is 12.6. The summed E-state index contributed by atoms with van der Waals surface area (Å²) in [7, 11) is 0. The Labute approximate surface area is 270 Å². The van der Waals surface area contributed by atoms with Crippen LogP contribution in [0.5, 0.6) is 0 Å². The van der Waals surface area contributed by atoms with Crippen molar-refractivity contribution in [2.75, 3.05) is 13.2 Å². The van der Waals surface area contributed by atoms with E-state index < -0.39 is 6.10 Å². The zero-order chi connectivity index (χ0) is 32.1. The van der Waals surface area contributed by atoms with Crippen LogP contribution in [0.2, 0.25) is 0 Å². The van der Waals surface area contributed by atoms with Crippen molar-refractivity contribution in [3.05, 3.63) is 36.5 Å². The number of allylic oxidation sites excluding steroid dienone is 5. The van der Waals surface area contributed by atoms with E-state index >= 15 is 0 Å². The third kappa shape index (κ3) is 25.4. The van der Waals surface area contributed by atoms with Gasteiger partial charge in [0.05, 0.1) is 12.2 Å². The van der Waals surface area contributed by atoms with Gasteiger partial charge in [0, 0.05) is 12.8 Å². The van der Waals surface area contributed by atoms with Crippen molar-refractivity contribution in [3.63, 3.8) is 0 Å². The molecular weight excluding hydrogens is 552 g/mol. The van der Waals surface area contributed by atoms with Gasteiger partial charge in [-0.05, 0) is 57.3 Å². The fourth-order valence-electron chi connectivity index (χ4n) is 5.09. The Balaban J connectivity index is 1.91. The Kier molecular flexibility index (Phi) is 26.0. The van der Waals surface area contributed by atoms with Gasteiger partial charge in [0.25, 0.3) is 0 Å². The highest BCUT2D eigenvalue weighted by Crippen LogP contribution is 2.30. The zero-order valence-corrected chi connectivity index (χ0v) is 28.5. The lowest BCUT2D eigenvalue weighted by Gasteiger charge is -2.12. The first-order valence-corrected chi connectivity index (χ1v) is 18.1. The average Bonchev–Trinajstić information content (AvgIpc) is 3.77. The number of aliphatic hydroxyl groups excluding tert-OH is 1. The predicted octanol–water partition coefficient (Wildman–Crippen LogP) is 9.74. The van der Waals surface area contributed by atoms with Crippen LogP contribution in [-0.4, -0.2) is 48.6 Å². The molecule has 6 nitrogen and oxygen atoms in total. The molecule has 0 radical (unpaired) electrons. The molecule has 254 valence electrons. The van der Waals surface area contributed by atoms with Crippen LogP contribution in [0.4, 0.5) is 0 Å². The Morgan fingerprint density at radius 1 is 0.705 bits per heavy atom. The fourth-order valence-corrected chi connectivity index (χ4v) is 5.09. The zero-order valence-electron chi connectivity index (χ0n) is 28.5. The number of carbonyl (C=O) groups is 2. The van der Waals surface area contributed by atoms with Crippen LogP contribution < -0.4 is 0 Å². The van der Waals surface area contributed by atoms with Crippen molar-refractivity contribution < 1.29 is 28.9 Å². The first-order valence-electron chi connectivity index (χ1n) is 18.1. The second-order valence-corrected chi connectivity index (χ2v) is 12.6. The number of carbonyl (C=O) groups excluding carboxylic acids is 2. The van der Waals surface area contributed by atoms with E-state index in [9.17, 15) is 14.7 Å². The predicted molar refractivity (Wildman–Crippen MR) is 181 cm³/mol. The number of ether oxygens (including phenoxy) is 3. The van der Waals surface area contributed by atoms with Gasteiger partial charge < -0.3 is 19.3 Å². The third-order valence-electron chi connectivity index (χ3n) is 8.34. The summed E-state index contributed by atoms with van der Waals surface area (Å²) in [6.45, 7) is 6.53. The number of aliphatic hydroxyl groups is 1. The summed E-state index contributed by atoms with van der Waals surface area (Å²) >= 11 is 0. The highest BCUT2D eigenvalue weighted by atomic mass is 16.6. The summed E-state index contributed by atoms with van der Waals surface area (Å²) in [5, 5.41) is 10.0. The minimum absolute atomic E-state index is 0.139. The van der Waals surface area contributed by atoms with Gasteiger partial charge in [-0.1, -0.05) is 128 Å². The van der Waals surface area contributed by atoms with Crippen molar-refractivity contribution in [3.8, 4) is 0 Å². The van der Waals surface area contributed by atoms with E-state index in [0.29, 0.717) is 19.3 Å². The lowest BCUT2D eigenvalue weighted by molar-refractivity contribution is -0.152. The highest BCUT2D eigenvalue weighted by Gasteiger charge is 2.36. The molecule has 1 N–H and O–H groups in total. The number of hydrogen-bond donors (Lipinski definition) is 1. The molecular formula is C38H66O6. The lowest BCUT2D eigenvalue weighted by atomic mass is 9.99. The largest absolute Gasteiger partial charge is 0.463 e. The number of unbranched alkanes of at least 4 members (excludes halogenated alkanes) is 10. The highest BCUT2D eigenvalue weighted by molar-refractivity contribution is 5.69. The van der Waals surface area contributed by atoms with Crippen LogP contribution in [0.25, 0.3) is 0 Å². The summed E-state index contributed by atoms with van der Waals surface area (Å²) in [5.41, 5.74) is 0. The molecule has 0 aromatic rings. The van der Waals surface area contributed by atoms with E-state index in [2.05, 4.69) is 57.2 Å². The maximum atomic E-state index is 12.0. The molecule has 1 saturated heterocycles. The maximum Gasteiger partial charge on any atom is 0.305 e. The molecule has 0 amide bonds. The molecule has 0 bridgehead atoms. The van der Waals surface area contributed by atoms with Crippen LogP contribution in [0, 0.1) is 5.92 Å². The van der Waals surface area contributed by atoms with Gasteiger partial charge in [-0.25, -0.2) is 0 Å². The quantitative estimate of drug-likeness (QED) is 0.0373. The molecule has 1 rings (SSSR count). The maximum absolute atomic E-state index is 12.0. The van der Waals surface area contributed by atoms with E-state index in [-0.39, 0.29) is 37.4 Å². The van der Waals surface area contributed by atoms with Crippen LogP contribution in [0.15, 0.2) is 36.5 Å². The van der Waals surface area contributed by atoms with Gasteiger partial charge in [0.2, 0.25) is 0 Å². The van der Waals surface area contributed by atoms with E-state index in [0.717, 1.165) is 50.9 Å². The SMILES string of the molecule is CCCCC/C=C\C/C=C\C/C=C\CC1OC1CCCC(=O)OC[C@@H](O)COC(=O)CCCCCCCCCCC(C)CC. The van der Waals surface area contributed by atoms with Crippen molar-refractivity contribution in [2.24, 2.45) is 5.92 Å². The monoisotopic (exact) mass is 618 g/mol. The number of epoxide rings is 1. The third-order valence-corrected chi connectivity index (χ3v) is 8.34. The minimum Gasteiger partial charge on any atom is -0.463 e. The molecule has 1 aliphatic heterocycles. The average molecular weight is 619 g/mol. The van der Waals surface area contributed by atoms with Crippen LogP contribution in [0.1, 0.15) is 156 Å². The number of esters is 2. The van der Waals surface area contributed by atoms with Crippen molar-refractivity contribution in [1.29, 1.82) is 0 Å². The van der Waals surface area contributed by atoms with Crippen LogP contribution in [0.3, 0.4) is 0 Å². The van der Waals surface area contributed by atoms with Gasteiger partial charge in [-0.3, -0.25) is 9.59 Å². The van der Waals surface area contributed by atoms with E-state index in [1.807, 2.05) is 0 Å². The lowest BCUT2D eigenvalue weighted by Crippen LogP contribution is -2.25. The van der Waals surface area contributed by atoms with Gasteiger partial charge in [0.15, 0.2) is 0 Å². The molecule has 0 aromatic heterocycles. The number of hydrogen-bond acceptors (Lipinski definition) is 6. The molecule has 1 aliphatic rings. The first kappa shape index (κ1) is 40.1. The summed E-state index contributed by atoms with van der Waals surface area (Å²) in [4.78, 5) is 23.9. The van der Waals surface area contributed by atoms with Gasteiger partial charge in [0.1, 0.15) is 19.3 Å². The smallest absolute Gasteiger partial charge is 0.305 e. The molecule has 44 heavy (non-hydrogen) atoms. The normalized spacial score (nSPS) is 17.9. The topological polar surface area (TPSA) is 85.4 Å². The second kappa shape index (κ2) is 28.5. The summed E-state index contributed by atoms with van der Waals surface area (Å²) in [6.07, 6.45) is 35.0. The molecule has 1 heterocycles. The van der Waals surface area contributed by atoms with Gasteiger partial charge in [-0.15, -0.1) is 0 Å². The molecule has 4 atom stereocenters. The summed E-state index contributed by atoms with van der Waals surface area (Å²) < 4.78 is 16.0. The molecule has 0 aromatic carbocycles. The summed E-state index contributed by atoms with van der Waals surface area (Å²) in [6, 6.07) is 0. The fraction of sp³-hybridized carbons (Fsp3) is 0.789. The van der Waals surface area contributed by atoms with E-state index in [1.54, 1.807) is 0 Å². The Bertz CT molecular complexity index is 788. The van der Waals surface area contributed by atoms with Crippen LogP contribution in [-0.2, 0) is 23.8 Å². The van der Waals surface area contributed by atoms with Gasteiger partial charge >= 0.3 is 11.9 Å². The van der Waals surface area contributed by atoms with Crippen molar-refractivity contribution in [2.45, 2.75) is 174 Å². The molecule has 6 heteroatoms. The van der Waals surface area contributed by atoms with E-state index in [4.69, 9.17) is 14.2 Å². The van der Waals surface area contributed by atoms with Crippen LogP contribution >= 0.6 is 0 Å². The summed E-state index contributed by atoms with van der Waals surface area (Å²) in [5.74, 6) is 0.212. The molecule has 3 unspecified atom stereocenters. The Morgan fingerprint density at radius 2 is 1.27 bits per heavy atom. The standard InChI is InChI=1S/C38H66O6/c1-4-6-7-8-9-10-11-12-13-17-20-23-27-35-36(44-35)28-25-30-38(41)43-32-34(39)31-42-37(40)29-24-21-18-15-14-16-19-22-26-33(3)5-2/h9-10,12-13,20,23,33-36,39H,4-8,11,14-19,21-22,24-32H2,1-3H3/b10-9-,13-12-,23-20-/t33?,34-,35?,36?/m0/s1. The molecule has 0 aliphatic carbocycles. The molecule has 1 fully saturated rings. The van der Waals surface area contributed by atoms with Crippen molar-refractivity contribution >= 4 is 11.9 Å². The molecule has 0 saturated carbocycles. The minimum atomic E-state index is -0.993. The Hall–Kier alpha value is -1.92. The first-order chi connectivity index (χ1) is 21.5. The van der Waals surface area contributed by atoms with E-state index in [1.165, 1.54) is 70.6 Å². The van der Waals surface area contributed by atoms with Crippen molar-refractivity contribution in [1.82, 2.24) is 0 Å². The Morgan fingerprint density at radius 3 is 1.91 bits per heavy atom. The molecule has 0 spiro atoms. The van der Waals surface area contributed by atoms with Gasteiger partial charge in [-0.2, -0.15) is 0 Å².